The van der Waals surface area contributed by atoms with Gasteiger partial charge in [0.15, 0.2) is 11.6 Å². The van der Waals surface area contributed by atoms with Gasteiger partial charge in [-0.1, -0.05) is 24.3 Å². The van der Waals surface area contributed by atoms with Gasteiger partial charge < -0.3 is 4.90 Å². The van der Waals surface area contributed by atoms with Crippen LogP contribution in [-0.4, -0.2) is 46.9 Å². The lowest BCUT2D eigenvalue weighted by Gasteiger charge is -2.35. The highest BCUT2D eigenvalue weighted by molar-refractivity contribution is 5.94. The number of para-hydroxylation sites is 1. The fraction of sp³-hybridized carbons (Fsp3) is 0.238. The molecule has 27 heavy (non-hydrogen) atoms. The lowest BCUT2D eigenvalue weighted by atomic mass is 10.1. The maximum Gasteiger partial charge on any atom is 0.254 e. The molecule has 4 rings (SSSR count). The van der Waals surface area contributed by atoms with Crippen LogP contribution < -0.4 is 0 Å². The van der Waals surface area contributed by atoms with E-state index in [4.69, 9.17) is 0 Å². The van der Waals surface area contributed by atoms with Crippen molar-refractivity contribution in [3.63, 3.8) is 0 Å². The van der Waals surface area contributed by atoms with Crippen LogP contribution >= 0.6 is 0 Å². The Morgan fingerprint density at radius 1 is 0.963 bits per heavy atom. The fourth-order valence-electron chi connectivity index (χ4n) is 3.46. The molecule has 3 aromatic rings. The van der Waals surface area contributed by atoms with Gasteiger partial charge in [-0.25, -0.2) is 8.78 Å². The van der Waals surface area contributed by atoms with Gasteiger partial charge >= 0.3 is 0 Å². The molecule has 0 unspecified atom stereocenters. The molecule has 1 saturated heterocycles. The first-order chi connectivity index (χ1) is 13.1. The molecule has 4 nitrogen and oxygen atoms in total. The van der Waals surface area contributed by atoms with Gasteiger partial charge in [0.05, 0.1) is 5.52 Å². The van der Waals surface area contributed by atoms with Crippen molar-refractivity contribution in [1.82, 2.24) is 14.8 Å². The number of carbonyl (C=O) groups excluding carboxylic acids is 1. The smallest absolute Gasteiger partial charge is 0.254 e. The van der Waals surface area contributed by atoms with Gasteiger partial charge in [-0.05, 0) is 29.8 Å². The van der Waals surface area contributed by atoms with Gasteiger partial charge in [0.2, 0.25) is 0 Å². The van der Waals surface area contributed by atoms with Crippen LogP contribution in [0.15, 0.2) is 54.7 Å². The summed E-state index contributed by atoms with van der Waals surface area (Å²) in [7, 11) is 0. The number of halogens is 2. The molecule has 0 aliphatic carbocycles. The summed E-state index contributed by atoms with van der Waals surface area (Å²) in [6, 6.07) is 13.4. The van der Waals surface area contributed by atoms with E-state index in [1.807, 2.05) is 24.3 Å². The van der Waals surface area contributed by atoms with Crippen LogP contribution in [0.2, 0.25) is 0 Å². The van der Waals surface area contributed by atoms with E-state index in [9.17, 15) is 13.6 Å². The number of benzene rings is 2. The minimum absolute atomic E-state index is 0.181. The normalized spacial score (nSPS) is 15.3. The first kappa shape index (κ1) is 17.5. The first-order valence-corrected chi connectivity index (χ1v) is 8.91. The Labute approximate surface area is 156 Å². The van der Waals surface area contributed by atoms with E-state index in [0.717, 1.165) is 48.2 Å². The number of aromatic nitrogens is 1. The summed E-state index contributed by atoms with van der Waals surface area (Å²) in [6.07, 6.45) is 1.80. The number of carbonyl (C=O) groups is 1. The molecule has 0 spiro atoms. The Morgan fingerprint density at radius 3 is 2.52 bits per heavy atom. The van der Waals surface area contributed by atoms with E-state index in [1.54, 1.807) is 11.1 Å². The highest BCUT2D eigenvalue weighted by Crippen LogP contribution is 2.19. The molecule has 0 atom stereocenters. The molecule has 1 aliphatic rings. The molecule has 2 aromatic carbocycles. The molecular formula is C21H19F2N3O. The summed E-state index contributed by atoms with van der Waals surface area (Å²) >= 11 is 0. The molecule has 138 valence electrons. The lowest BCUT2D eigenvalue weighted by molar-refractivity contribution is 0.0628. The van der Waals surface area contributed by atoms with Gasteiger partial charge in [-0.3, -0.25) is 14.7 Å². The molecule has 0 saturated carbocycles. The van der Waals surface area contributed by atoms with E-state index in [1.165, 1.54) is 6.07 Å². The quantitative estimate of drug-likeness (QED) is 0.711. The van der Waals surface area contributed by atoms with Gasteiger partial charge in [0.25, 0.3) is 5.91 Å². The predicted molar refractivity (Wildman–Crippen MR) is 99.3 cm³/mol. The monoisotopic (exact) mass is 367 g/mol. The average molecular weight is 367 g/mol. The number of nitrogens with zero attached hydrogens (tertiary/aromatic N) is 3. The van der Waals surface area contributed by atoms with Crippen molar-refractivity contribution < 1.29 is 13.6 Å². The Hall–Kier alpha value is -2.86. The zero-order chi connectivity index (χ0) is 18.8. The molecule has 1 fully saturated rings. The van der Waals surface area contributed by atoms with E-state index >= 15 is 0 Å². The number of rotatable bonds is 3. The third kappa shape index (κ3) is 3.66. The van der Waals surface area contributed by atoms with E-state index in [-0.39, 0.29) is 11.5 Å². The van der Waals surface area contributed by atoms with Crippen molar-refractivity contribution in [2.45, 2.75) is 6.54 Å². The number of piperazine rings is 1. The molecule has 1 aromatic heterocycles. The molecule has 0 radical (unpaired) electrons. The maximum absolute atomic E-state index is 13.4. The summed E-state index contributed by atoms with van der Waals surface area (Å²) in [5.41, 5.74) is 2.34. The highest BCUT2D eigenvalue weighted by atomic mass is 19.2. The second-order valence-corrected chi connectivity index (χ2v) is 6.69. The summed E-state index contributed by atoms with van der Waals surface area (Å²) in [5.74, 6) is -2.21. The fourth-order valence-corrected chi connectivity index (χ4v) is 3.46. The minimum Gasteiger partial charge on any atom is -0.336 e. The van der Waals surface area contributed by atoms with Crippen LogP contribution in [0.4, 0.5) is 8.78 Å². The second-order valence-electron chi connectivity index (χ2n) is 6.69. The van der Waals surface area contributed by atoms with E-state index in [0.29, 0.717) is 13.1 Å². The number of hydrogen-bond donors (Lipinski definition) is 0. The largest absolute Gasteiger partial charge is 0.336 e. The Balaban J connectivity index is 1.41. The summed E-state index contributed by atoms with van der Waals surface area (Å²) < 4.78 is 26.4. The maximum atomic E-state index is 13.4. The highest BCUT2D eigenvalue weighted by Gasteiger charge is 2.23. The standard InChI is InChI=1S/C21H19F2N3O/c22-18-7-6-16(13-19(18)23)21(27)26-11-9-25(10-12-26)14-17-4-1-3-15-5-2-8-24-20(15)17/h1-8,13H,9-12,14H2. The number of hydrogen-bond acceptors (Lipinski definition) is 3. The van der Waals surface area contributed by atoms with Gasteiger partial charge in [-0.15, -0.1) is 0 Å². The molecule has 1 aliphatic heterocycles. The van der Waals surface area contributed by atoms with Crippen molar-refractivity contribution >= 4 is 16.8 Å². The first-order valence-electron chi connectivity index (χ1n) is 8.91. The second kappa shape index (κ2) is 7.40. The van der Waals surface area contributed by atoms with E-state index < -0.39 is 11.6 Å². The predicted octanol–water partition coefficient (Wildman–Crippen LogP) is 3.47. The zero-order valence-corrected chi connectivity index (χ0v) is 14.7. The zero-order valence-electron chi connectivity index (χ0n) is 14.7. The molecule has 2 heterocycles. The third-order valence-corrected chi connectivity index (χ3v) is 4.94. The van der Waals surface area contributed by atoms with Crippen molar-refractivity contribution in [2.75, 3.05) is 26.2 Å². The summed E-state index contributed by atoms with van der Waals surface area (Å²) in [5, 5.41) is 1.11. The summed E-state index contributed by atoms with van der Waals surface area (Å²) in [6.45, 7) is 3.31. The molecule has 6 heteroatoms. The van der Waals surface area contributed by atoms with Crippen molar-refractivity contribution in [1.29, 1.82) is 0 Å². The van der Waals surface area contributed by atoms with Crippen LogP contribution in [0.25, 0.3) is 10.9 Å². The van der Waals surface area contributed by atoms with Crippen LogP contribution in [0.1, 0.15) is 15.9 Å². The Morgan fingerprint density at radius 2 is 1.74 bits per heavy atom. The molecule has 0 bridgehead atoms. The van der Waals surface area contributed by atoms with Crippen molar-refractivity contribution in [2.24, 2.45) is 0 Å². The van der Waals surface area contributed by atoms with Gasteiger partial charge in [-0.2, -0.15) is 0 Å². The van der Waals surface area contributed by atoms with Crippen LogP contribution in [-0.2, 0) is 6.54 Å². The van der Waals surface area contributed by atoms with Crippen LogP contribution in [0, 0.1) is 11.6 Å². The van der Waals surface area contributed by atoms with E-state index in [2.05, 4.69) is 16.0 Å². The Kier molecular flexibility index (Phi) is 4.81. The van der Waals surface area contributed by atoms with Crippen molar-refractivity contribution in [3.8, 4) is 0 Å². The average Bonchev–Trinajstić information content (AvgIpc) is 2.70. The third-order valence-electron chi connectivity index (χ3n) is 4.94. The number of amides is 1. The Bertz CT molecular complexity index is 979. The number of pyridine rings is 1. The van der Waals surface area contributed by atoms with Gasteiger partial charge in [0, 0.05) is 49.9 Å². The van der Waals surface area contributed by atoms with Crippen molar-refractivity contribution in [3.05, 3.63) is 77.5 Å². The number of fused-ring (bicyclic) bond motifs is 1. The van der Waals surface area contributed by atoms with Crippen LogP contribution in [0.3, 0.4) is 0 Å². The van der Waals surface area contributed by atoms with Gasteiger partial charge in [0.1, 0.15) is 0 Å². The lowest BCUT2D eigenvalue weighted by Crippen LogP contribution is -2.48. The minimum atomic E-state index is -0.997. The van der Waals surface area contributed by atoms with Crippen LogP contribution in [0.5, 0.6) is 0 Å². The SMILES string of the molecule is O=C(c1ccc(F)c(F)c1)N1CCN(Cc2cccc3cccnc23)CC1. The molecular weight excluding hydrogens is 348 g/mol. The molecule has 1 amide bonds. The topological polar surface area (TPSA) is 36.4 Å². The summed E-state index contributed by atoms with van der Waals surface area (Å²) in [4.78, 5) is 21.0. The molecule has 0 N–H and O–H groups in total.